The molecule has 0 spiro atoms. The quantitative estimate of drug-likeness (QED) is 0.464. The van der Waals surface area contributed by atoms with E-state index in [1.165, 1.54) is 11.1 Å². The molecule has 1 aliphatic heterocycles. The van der Waals surface area contributed by atoms with Crippen LogP contribution in [0.1, 0.15) is 41.6 Å². The van der Waals surface area contributed by atoms with Crippen LogP contribution in [0.3, 0.4) is 0 Å². The summed E-state index contributed by atoms with van der Waals surface area (Å²) in [5.74, 6) is -2.00. The van der Waals surface area contributed by atoms with Gasteiger partial charge in [-0.05, 0) is 49.2 Å². The second kappa shape index (κ2) is 8.06. The molecule has 2 aromatic heterocycles. The number of fused-ring (bicyclic) bond motifs is 1. The molecule has 2 aliphatic rings. The van der Waals surface area contributed by atoms with Gasteiger partial charge in [-0.1, -0.05) is 0 Å². The van der Waals surface area contributed by atoms with Gasteiger partial charge in [0.05, 0.1) is 5.56 Å². The molecule has 3 aromatic rings. The van der Waals surface area contributed by atoms with Crippen molar-refractivity contribution in [3.05, 3.63) is 59.9 Å². The highest BCUT2D eigenvalue weighted by molar-refractivity contribution is 6.05. The Labute approximate surface area is 189 Å². The first-order chi connectivity index (χ1) is 15.8. The fourth-order valence-corrected chi connectivity index (χ4v) is 4.01. The molecule has 0 unspecified atom stereocenters. The van der Waals surface area contributed by atoms with Gasteiger partial charge in [0, 0.05) is 60.9 Å². The molecular formula is C24H24F2N6O. The Morgan fingerprint density at radius 2 is 1.82 bits per heavy atom. The summed E-state index contributed by atoms with van der Waals surface area (Å²) < 4.78 is 28.7. The number of carbonyl (C=O) groups is 1. The van der Waals surface area contributed by atoms with Crippen LogP contribution in [0.5, 0.6) is 0 Å². The van der Waals surface area contributed by atoms with E-state index in [9.17, 15) is 13.6 Å². The molecule has 9 heteroatoms. The summed E-state index contributed by atoms with van der Waals surface area (Å²) in [6.45, 7) is 0.0885. The topological polar surface area (TPSA) is 100 Å². The first-order valence-electron chi connectivity index (χ1n) is 11.0. The lowest BCUT2D eigenvalue weighted by Crippen LogP contribution is -2.42. The molecular weight excluding hydrogens is 426 g/mol. The third kappa shape index (κ3) is 4.35. The first-order valence-corrected chi connectivity index (χ1v) is 11.0. The van der Waals surface area contributed by atoms with E-state index in [-0.39, 0.29) is 37.7 Å². The minimum absolute atomic E-state index is 0.0442. The van der Waals surface area contributed by atoms with Gasteiger partial charge in [-0.2, -0.15) is 0 Å². The average Bonchev–Trinajstić information content (AvgIpc) is 3.58. The number of halogens is 2. The normalized spacial score (nSPS) is 18.5. The van der Waals surface area contributed by atoms with Crippen molar-refractivity contribution in [2.75, 3.05) is 13.1 Å². The van der Waals surface area contributed by atoms with E-state index in [4.69, 9.17) is 11.1 Å². The van der Waals surface area contributed by atoms with Gasteiger partial charge < -0.3 is 15.2 Å². The predicted octanol–water partition coefficient (Wildman–Crippen LogP) is 3.99. The number of nitrogens with zero attached hydrogens (tertiary/aromatic N) is 4. The Kier molecular flexibility index (Phi) is 5.19. The molecule has 170 valence electrons. The summed E-state index contributed by atoms with van der Waals surface area (Å²) in [5.41, 5.74) is 8.51. The van der Waals surface area contributed by atoms with Crippen LogP contribution >= 0.6 is 0 Å². The molecule has 0 radical (unpaired) electrons. The van der Waals surface area contributed by atoms with Crippen molar-refractivity contribution >= 4 is 28.6 Å². The van der Waals surface area contributed by atoms with Gasteiger partial charge in [0.25, 0.3) is 11.8 Å². The fourth-order valence-electron chi connectivity index (χ4n) is 4.01. The van der Waals surface area contributed by atoms with Crippen LogP contribution in [0.2, 0.25) is 0 Å². The SMILES string of the molecule is N=C(N=C(N)C1CC1)c1ccc(-n2ccc3cc(C(=O)N4CCC(F)(F)CC4)cnc32)cc1. The summed E-state index contributed by atoms with van der Waals surface area (Å²) in [4.78, 5) is 22.9. The van der Waals surface area contributed by atoms with Gasteiger partial charge in [-0.3, -0.25) is 10.2 Å². The van der Waals surface area contributed by atoms with Crippen molar-refractivity contribution in [1.82, 2.24) is 14.5 Å². The highest BCUT2D eigenvalue weighted by Gasteiger charge is 2.35. The summed E-state index contributed by atoms with van der Waals surface area (Å²) >= 11 is 0. The molecule has 5 rings (SSSR count). The van der Waals surface area contributed by atoms with Crippen molar-refractivity contribution < 1.29 is 13.6 Å². The van der Waals surface area contributed by atoms with Crippen LogP contribution in [-0.4, -0.2) is 51.0 Å². The third-order valence-electron chi connectivity index (χ3n) is 6.21. The maximum absolute atomic E-state index is 13.4. The molecule has 0 atom stereocenters. The molecule has 3 N–H and O–H groups in total. The lowest BCUT2D eigenvalue weighted by Gasteiger charge is -2.31. The number of likely N-dealkylation sites (tertiary alicyclic amines) is 1. The number of amidine groups is 2. The summed E-state index contributed by atoms with van der Waals surface area (Å²) in [5, 5.41) is 8.94. The number of nitrogens with two attached hydrogens (primary N) is 1. The third-order valence-corrected chi connectivity index (χ3v) is 6.21. The molecule has 3 heterocycles. The standard InChI is InChI=1S/C24H24F2N6O/c25-24(26)8-11-31(12-9-24)23(33)18-13-17-7-10-32(22(17)29-14-18)19-5-3-16(4-6-19)21(28)30-20(27)15-1-2-15/h3-7,10,13-15H,1-2,8-9,11-12H2,(H3,27,28,30). The second-order valence-electron chi connectivity index (χ2n) is 8.68. The first kappa shape index (κ1) is 21.2. The number of carbonyl (C=O) groups excluding carboxylic acids is 1. The van der Waals surface area contributed by atoms with E-state index >= 15 is 0 Å². The Hall–Kier alpha value is -3.62. The Balaban J connectivity index is 1.34. The van der Waals surface area contributed by atoms with Crippen molar-refractivity contribution in [1.29, 1.82) is 5.41 Å². The van der Waals surface area contributed by atoms with Crippen LogP contribution in [-0.2, 0) is 0 Å². The molecule has 1 aliphatic carbocycles. The maximum atomic E-state index is 13.4. The number of nitrogens with one attached hydrogen (secondary N) is 1. The molecule has 0 bridgehead atoms. The molecule has 7 nitrogen and oxygen atoms in total. The number of aliphatic imine (C=N–C) groups is 1. The number of alkyl halides is 2. The van der Waals surface area contributed by atoms with Crippen LogP contribution < -0.4 is 5.73 Å². The number of hydrogen-bond acceptors (Lipinski definition) is 3. The summed E-state index contributed by atoms with van der Waals surface area (Å²) in [6, 6.07) is 11.0. The Bertz CT molecular complexity index is 1250. The number of hydrogen-bond donors (Lipinski definition) is 2. The number of aromatic nitrogens is 2. The largest absolute Gasteiger partial charge is 0.387 e. The van der Waals surface area contributed by atoms with E-state index in [0.717, 1.165) is 23.9 Å². The zero-order valence-corrected chi connectivity index (χ0v) is 18.0. The van der Waals surface area contributed by atoms with Crippen LogP contribution in [0, 0.1) is 11.3 Å². The number of piperidine rings is 1. The highest BCUT2D eigenvalue weighted by atomic mass is 19.3. The van der Waals surface area contributed by atoms with Gasteiger partial charge >= 0.3 is 0 Å². The number of pyridine rings is 1. The van der Waals surface area contributed by atoms with Gasteiger partial charge in [0.1, 0.15) is 11.5 Å². The van der Waals surface area contributed by atoms with Crippen LogP contribution in [0.15, 0.2) is 53.8 Å². The zero-order valence-electron chi connectivity index (χ0n) is 18.0. The fraction of sp³-hybridized carbons (Fsp3) is 0.333. The number of benzene rings is 1. The summed E-state index contributed by atoms with van der Waals surface area (Å²) in [7, 11) is 0. The van der Waals surface area contributed by atoms with Crippen molar-refractivity contribution in [3.8, 4) is 5.69 Å². The van der Waals surface area contributed by atoms with Crippen LogP contribution in [0.25, 0.3) is 16.7 Å². The lowest BCUT2D eigenvalue weighted by molar-refractivity contribution is -0.0494. The molecule has 1 amide bonds. The number of rotatable bonds is 4. The van der Waals surface area contributed by atoms with Crippen molar-refractivity contribution in [3.63, 3.8) is 0 Å². The van der Waals surface area contributed by atoms with Crippen molar-refractivity contribution in [2.45, 2.75) is 31.6 Å². The van der Waals surface area contributed by atoms with Gasteiger partial charge in [-0.15, -0.1) is 0 Å². The molecule has 33 heavy (non-hydrogen) atoms. The van der Waals surface area contributed by atoms with E-state index in [2.05, 4.69) is 9.98 Å². The Morgan fingerprint density at radius 3 is 2.48 bits per heavy atom. The lowest BCUT2D eigenvalue weighted by atomic mass is 10.1. The van der Waals surface area contributed by atoms with E-state index in [1.54, 1.807) is 6.07 Å². The summed E-state index contributed by atoms with van der Waals surface area (Å²) in [6.07, 6.45) is 4.81. The molecule has 1 saturated heterocycles. The monoisotopic (exact) mass is 450 g/mol. The van der Waals surface area contributed by atoms with Crippen molar-refractivity contribution in [2.24, 2.45) is 16.6 Å². The molecule has 1 saturated carbocycles. The zero-order chi connectivity index (χ0) is 23.2. The van der Waals surface area contributed by atoms with Gasteiger partial charge in [-0.25, -0.2) is 18.8 Å². The van der Waals surface area contributed by atoms with E-state index in [1.807, 2.05) is 41.1 Å². The van der Waals surface area contributed by atoms with Crippen LogP contribution in [0.4, 0.5) is 8.78 Å². The minimum Gasteiger partial charge on any atom is -0.387 e. The Morgan fingerprint density at radius 1 is 1.12 bits per heavy atom. The minimum atomic E-state index is -2.69. The highest BCUT2D eigenvalue weighted by Crippen LogP contribution is 2.30. The van der Waals surface area contributed by atoms with Gasteiger partial charge in [0.2, 0.25) is 0 Å². The molecule has 1 aromatic carbocycles. The number of amides is 1. The second-order valence-corrected chi connectivity index (χ2v) is 8.68. The van der Waals surface area contributed by atoms with E-state index < -0.39 is 5.92 Å². The predicted molar refractivity (Wildman–Crippen MR) is 122 cm³/mol. The van der Waals surface area contributed by atoms with E-state index in [0.29, 0.717) is 28.5 Å². The smallest absolute Gasteiger partial charge is 0.255 e. The average molecular weight is 450 g/mol. The van der Waals surface area contributed by atoms with Gasteiger partial charge in [0.15, 0.2) is 5.84 Å². The molecule has 2 fully saturated rings. The maximum Gasteiger partial charge on any atom is 0.255 e.